The molecule has 6 nitrogen and oxygen atoms in total. The first kappa shape index (κ1) is 19.1. The van der Waals surface area contributed by atoms with E-state index in [1.54, 1.807) is 6.20 Å². The molecule has 2 heterocycles. The van der Waals surface area contributed by atoms with Gasteiger partial charge in [-0.2, -0.15) is 4.98 Å². The fraction of sp³-hybridized carbons (Fsp3) is 0.304. The minimum atomic E-state index is 0.111. The lowest BCUT2D eigenvalue weighted by atomic mass is 10.2. The van der Waals surface area contributed by atoms with Gasteiger partial charge >= 0.3 is 0 Å². The van der Waals surface area contributed by atoms with Crippen molar-refractivity contribution in [1.29, 1.82) is 0 Å². The van der Waals surface area contributed by atoms with Crippen LogP contribution in [0.3, 0.4) is 0 Å². The lowest BCUT2D eigenvalue weighted by Crippen LogP contribution is -2.47. The SMILES string of the molecule is CC(C)Oc1ccccc1Nc1ccnc(N2CCN(c3ccccc3)CC2)n1. The van der Waals surface area contributed by atoms with Gasteiger partial charge in [-0.05, 0) is 44.2 Å². The van der Waals surface area contributed by atoms with Gasteiger partial charge in [0.1, 0.15) is 11.6 Å². The summed E-state index contributed by atoms with van der Waals surface area (Å²) in [7, 11) is 0. The summed E-state index contributed by atoms with van der Waals surface area (Å²) in [5.74, 6) is 2.34. The van der Waals surface area contributed by atoms with Crippen molar-refractivity contribution in [1.82, 2.24) is 9.97 Å². The van der Waals surface area contributed by atoms with Crippen LogP contribution in [-0.4, -0.2) is 42.3 Å². The predicted octanol–water partition coefficient (Wildman–Crippen LogP) is 4.33. The molecule has 150 valence electrons. The van der Waals surface area contributed by atoms with Crippen molar-refractivity contribution in [2.45, 2.75) is 20.0 Å². The summed E-state index contributed by atoms with van der Waals surface area (Å²) in [4.78, 5) is 13.9. The third-order valence-corrected chi connectivity index (χ3v) is 4.84. The lowest BCUT2D eigenvalue weighted by Gasteiger charge is -2.36. The van der Waals surface area contributed by atoms with Crippen molar-refractivity contribution in [3.05, 3.63) is 66.9 Å². The van der Waals surface area contributed by atoms with E-state index in [4.69, 9.17) is 9.72 Å². The van der Waals surface area contributed by atoms with E-state index >= 15 is 0 Å². The second-order valence-electron chi connectivity index (χ2n) is 7.34. The average molecular weight is 390 g/mol. The largest absolute Gasteiger partial charge is 0.489 e. The van der Waals surface area contributed by atoms with Gasteiger partial charge in [0, 0.05) is 38.1 Å². The van der Waals surface area contributed by atoms with Crippen LogP contribution < -0.4 is 19.9 Å². The third-order valence-electron chi connectivity index (χ3n) is 4.84. The van der Waals surface area contributed by atoms with Crippen LogP contribution in [-0.2, 0) is 0 Å². The van der Waals surface area contributed by atoms with Gasteiger partial charge in [0.25, 0.3) is 0 Å². The van der Waals surface area contributed by atoms with Crippen molar-refractivity contribution < 1.29 is 4.74 Å². The second kappa shape index (κ2) is 8.82. The Balaban J connectivity index is 1.44. The van der Waals surface area contributed by atoms with E-state index in [1.165, 1.54) is 5.69 Å². The van der Waals surface area contributed by atoms with E-state index in [2.05, 4.69) is 50.4 Å². The number of hydrogen-bond acceptors (Lipinski definition) is 6. The number of benzene rings is 2. The molecular formula is C23H27N5O. The van der Waals surface area contributed by atoms with E-state index in [9.17, 15) is 0 Å². The van der Waals surface area contributed by atoms with Gasteiger partial charge in [0.05, 0.1) is 11.8 Å². The Morgan fingerprint density at radius 1 is 0.862 bits per heavy atom. The van der Waals surface area contributed by atoms with E-state index in [0.717, 1.165) is 49.4 Å². The molecule has 1 aliphatic heterocycles. The van der Waals surface area contributed by atoms with Gasteiger partial charge in [0.15, 0.2) is 0 Å². The summed E-state index contributed by atoms with van der Waals surface area (Å²) in [6.45, 7) is 7.74. The Kier molecular flexibility index (Phi) is 5.79. The average Bonchev–Trinajstić information content (AvgIpc) is 2.76. The number of rotatable bonds is 6. The highest BCUT2D eigenvalue weighted by molar-refractivity contribution is 5.64. The zero-order valence-corrected chi connectivity index (χ0v) is 17.0. The van der Waals surface area contributed by atoms with E-state index in [0.29, 0.717) is 0 Å². The van der Waals surface area contributed by atoms with Crippen molar-refractivity contribution in [3.63, 3.8) is 0 Å². The number of nitrogens with zero attached hydrogens (tertiary/aromatic N) is 4. The van der Waals surface area contributed by atoms with Gasteiger partial charge < -0.3 is 19.9 Å². The van der Waals surface area contributed by atoms with E-state index in [1.807, 2.05) is 44.2 Å². The summed E-state index contributed by atoms with van der Waals surface area (Å²) in [6, 6.07) is 20.3. The number of aromatic nitrogens is 2. The Hall–Kier alpha value is -3.28. The molecule has 2 aromatic carbocycles. The summed E-state index contributed by atoms with van der Waals surface area (Å²) in [5.41, 5.74) is 2.17. The predicted molar refractivity (Wildman–Crippen MR) is 118 cm³/mol. The van der Waals surface area contributed by atoms with Crippen LogP contribution in [0.25, 0.3) is 0 Å². The molecule has 1 fully saturated rings. The molecule has 0 spiro atoms. The Morgan fingerprint density at radius 3 is 2.31 bits per heavy atom. The number of hydrogen-bond donors (Lipinski definition) is 1. The number of piperazine rings is 1. The molecule has 0 bridgehead atoms. The molecule has 29 heavy (non-hydrogen) atoms. The normalized spacial score (nSPS) is 14.2. The Labute approximate surface area is 172 Å². The third kappa shape index (κ3) is 4.77. The highest BCUT2D eigenvalue weighted by Gasteiger charge is 2.19. The molecule has 4 rings (SSSR count). The van der Waals surface area contributed by atoms with Gasteiger partial charge in [0.2, 0.25) is 5.95 Å². The number of nitrogens with one attached hydrogen (secondary N) is 1. The standard InChI is InChI=1S/C23H27N5O/c1-18(2)29-21-11-7-6-10-20(21)25-22-12-13-24-23(26-22)28-16-14-27(15-17-28)19-8-4-3-5-9-19/h3-13,18H,14-17H2,1-2H3,(H,24,25,26). The zero-order chi connectivity index (χ0) is 20.1. The first-order chi connectivity index (χ1) is 14.2. The minimum Gasteiger partial charge on any atom is -0.489 e. The Morgan fingerprint density at radius 2 is 1.55 bits per heavy atom. The first-order valence-corrected chi connectivity index (χ1v) is 10.1. The molecule has 0 radical (unpaired) electrons. The van der Waals surface area contributed by atoms with Crippen molar-refractivity contribution in [2.75, 3.05) is 41.3 Å². The van der Waals surface area contributed by atoms with Crippen LogP contribution in [0.15, 0.2) is 66.9 Å². The zero-order valence-electron chi connectivity index (χ0n) is 17.0. The highest BCUT2D eigenvalue weighted by atomic mass is 16.5. The molecule has 1 saturated heterocycles. The minimum absolute atomic E-state index is 0.111. The molecule has 6 heteroatoms. The molecular weight excluding hydrogens is 362 g/mol. The van der Waals surface area contributed by atoms with Crippen LogP contribution in [0.1, 0.15) is 13.8 Å². The van der Waals surface area contributed by atoms with Crippen molar-refractivity contribution in [2.24, 2.45) is 0 Å². The molecule has 1 N–H and O–H groups in total. The smallest absolute Gasteiger partial charge is 0.227 e. The number of para-hydroxylation sites is 3. The van der Waals surface area contributed by atoms with Gasteiger partial charge in [-0.15, -0.1) is 0 Å². The van der Waals surface area contributed by atoms with Gasteiger partial charge in [-0.25, -0.2) is 4.98 Å². The summed E-state index contributed by atoms with van der Waals surface area (Å²) in [6.07, 6.45) is 1.92. The summed E-state index contributed by atoms with van der Waals surface area (Å²) >= 11 is 0. The maximum absolute atomic E-state index is 5.90. The van der Waals surface area contributed by atoms with Gasteiger partial charge in [-0.1, -0.05) is 30.3 Å². The molecule has 0 atom stereocenters. The fourth-order valence-electron chi connectivity index (χ4n) is 3.44. The maximum atomic E-state index is 5.90. The quantitative estimate of drug-likeness (QED) is 0.677. The number of anilines is 4. The van der Waals surface area contributed by atoms with Gasteiger partial charge in [-0.3, -0.25) is 0 Å². The molecule has 3 aromatic rings. The Bertz CT molecular complexity index is 923. The number of ether oxygens (including phenoxy) is 1. The second-order valence-corrected chi connectivity index (χ2v) is 7.34. The van der Waals surface area contributed by atoms with Crippen LogP contribution >= 0.6 is 0 Å². The monoisotopic (exact) mass is 389 g/mol. The highest BCUT2D eigenvalue weighted by Crippen LogP contribution is 2.28. The van der Waals surface area contributed by atoms with E-state index in [-0.39, 0.29) is 6.10 Å². The summed E-state index contributed by atoms with van der Waals surface area (Å²) < 4.78 is 5.90. The molecule has 0 amide bonds. The summed E-state index contributed by atoms with van der Waals surface area (Å²) in [5, 5.41) is 3.38. The van der Waals surface area contributed by atoms with Crippen LogP contribution in [0, 0.1) is 0 Å². The van der Waals surface area contributed by atoms with Crippen LogP contribution in [0.4, 0.5) is 23.1 Å². The molecule has 0 saturated carbocycles. The maximum Gasteiger partial charge on any atom is 0.227 e. The lowest BCUT2D eigenvalue weighted by molar-refractivity contribution is 0.244. The van der Waals surface area contributed by atoms with Crippen molar-refractivity contribution in [3.8, 4) is 5.75 Å². The molecule has 0 aliphatic carbocycles. The van der Waals surface area contributed by atoms with Crippen LogP contribution in [0.2, 0.25) is 0 Å². The molecule has 0 unspecified atom stereocenters. The molecule has 1 aromatic heterocycles. The van der Waals surface area contributed by atoms with E-state index < -0.39 is 0 Å². The topological polar surface area (TPSA) is 53.5 Å². The van der Waals surface area contributed by atoms with Crippen LogP contribution in [0.5, 0.6) is 5.75 Å². The first-order valence-electron chi connectivity index (χ1n) is 10.1. The molecule has 1 aliphatic rings. The fourth-order valence-corrected chi connectivity index (χ4v) is 3.44. The van der Waals surface area contributed by atoms with Crippen molar-refractivity contribution >= 4 is 23.1 Å².